The largest absolute Gasteiger partial charge is 0.465 e. The van der Waals surface area contributed by atoms with Gasteiger partial charge in [0.25, 0.3) is 0 Å². The molecule has 0 saturated carbocycles. The smallest absolute Gasteiger partial charge is 0.328 e. The Bertz CT molecular complexity index is 343. The molecule has 2 N–H and O–H groups in total. The molecule has 100 valence electrons. The van der Waals surface area contributed by atoms with Crippen molar-refractivity contribution in [3.05, 3.63) is 0 Å². The van der Waals surface area contributed by atoms with Crippen LogP contribution in [0, 0.1) is 0 Å². The SMILES string of the molecule is CCOC(=O)CN.CCOC(=O)CN=S(=O)=O. The van der Waals surface area contributed by atoms with Crippen LogP contribution in [0.15, 0.2) is 4.36 Å². The molecule has 0 radical (unpaired) electrons. The molecule has 0 aliphatic carbocycles. The van der Waals surface area contributed by atoms with Gasteiger partial charge in [-0.25, -0.2) is 0 Å². The number of hydrogen-bond acceptors (Lipinski definition) is 8. The number of carbonyl (C=O) groups is 2. The maximum Gasteiger partial charge on any atom is 0.328 e. The first kappa shape index (κ1) is 17.9. The van der Waals surface area contributed by atoms with Crippen molar-refractivity contribution < 1.29 is 27.5 Å². The van der Waals surface area contributed by atoms with Crippen LogP contribution < -0.4 is 5.73 Å². The lowest BCUT2D eigenvalue weighted by molar-refractivity contribution is -0.142. The summed E-state index contributed by atoms with van der Waals surface area (Å²) < 4.78 is 31.2. The van der Waals surface area contributed by atoms with Crippen LogP contribution in [-0.4, -0.2) is 46.7 Å². The number of esters is 2. The third-order valence-corrected chi connectivity index (χ3v) is 1.42. The molecule has 8 nitrogen and oxygen atoms in total. The van der Waals surface area contributed by atoms with Crippen molar-refractivity contribution in [1.82, 2.24) is 0 Å². The molecule has 0 spiro atoms. The maximum absolute atomic E-state index is 10.4. The van der Waals surface area contributed by atoms with Gasteiger partial charge in [-0.1, -0.05) is 0 Å². The monoisotopic (exact) mass is 268 g/mol. The summed E-state index contributed by atoms with van der Waals surface area (Å²) in [5, 5.41) is 0. The molecule has 0 aliphatic heterocycles. The molecule has 0 saturated heterocycles. The lowest BCUT2D eigenvalue weighted by atomic mass is 10.7. The molecule has 0 aromatic heterocycles. The average Bonchev–Trinajstić information content (AvgIpc) is 2.28. The first-order valence-corrected chi connectivity index (χ1v) is 5.79. The molecule has 17 heavy (non-hydrogen) atoms. The molecule has 0 rings (SSSR count). The second kappa shape index (κ2) is 12.6. The summed E-state index contributed by atoms with van der Waals surface area (Å²) in [5.41, 5.74) is 4.88. The highest BCUT2D eigenvalue weighted by molar-refractivity contribution is 7.61. The van der Waals surface area contributed by atoms with E-state index in [2.05, 4.69) is 13.8 Å². The van der Waals surface area contributed by atoms with Crippen LogP contribution in [-0.2, 0) is 29.6 Å². The van der Waals surface area contributed by atoms with Crippen molar-refractivity contribution >= 4 is 22.4 Å². The van der Waals surface area contributed by atoms with E-state index in [1.54, 1.807) is 13.8 Å². The predicted octanol–water partition coefficient (Wildman–Crippen LogP) is -0.880. The fourth-order valence-corrected chi connectivity index (χ4v) is 0.743. The lowest BCUT2D eigenvalue weighted by Gasteiger charge is -1.93. The first-order chi connectivity index (χ1) is 7.97. The fourth-order valence-electron chi connectivity index (χ4n) is 0.532. The van der Waals surface area contributed by atoms with E-state index in [-0.39, 0.29) is 19.1 Å². The van der Waals surface area contributed by atoms with Gasteiger partial charge >= 0.3 is 22.4 Å². The number of hydrogen-bond donors (Lipinski definition) is 1. The van der Waals surface area contributed by atoms with Gasteiger partial charge in [-0.15, -0.1) is 0 Å². The van der Waals surface area contributed by atoms with E-state index in [4.69, 9.17) is 5.73 Å². The second-order valence-corrected chi connectivity index (χ2v) is 3.01. The summed E-state index contributed by atoms with van der Waals surface area (Å²) in [7, 11) is -2.52. The van der Waals surface area contributed by atoms with Gasteiger partial charge in [-0.05, 0) is 13.8 Å². The van der Waals surface area contributed by atoms with E-state index in [1.807, 2.05) is 0 Å². The van der Waals surface area contributed by atoms with Gasteiger partial charge in [0.05, 0.1) is 19.8 Å². The quantitative estimate of drug-likeness (QED) is 0.642. The van der Waals surface area contributed by atoms with Crippen LogP contribution >= 0.6 is 0 Å². The average molecular weight is 268 g/mol. The molecule has 9 heteroatoms. The van der Waals surface area contributed by atoms with Gasteiger partial charge in [-0.3, -0.25) is 9.59 Å². The van der Waals surface area contributed by atoms with Crippen molar-refractivity contribution in [2.75, 3.05) is 26.3 Å². The number of nitrogens with two attached hydrogens (primary N) is 1. The summed E-state index contributed by atoms with van der Waals surface area (Å²) in [6.45, 7) is 3.58. The molecular weight excluding hydrogens is 252 g/mol. The van der Waals surface area contributed by atoms with Gasteiger partial charge in [0.1, 0.15) is 0 Å². The van der Waals surface area contributed by atoms with Gasteiger partial charge in [0, 0.05) is 0 Å². The maximum atomic E-state index is 10.4. The summed E-state index contributed by atoms with van der Waals surface area (Å²) in [4.78, 5) is 20.4. The number of carbonyl (C=O) groups excluding carboxylic acids is 2. The van der Waals surface area contributed by atoms with Crippen LogP contribution in [0.4, 0.5) is 0 Å². The van der Waals surface area contributed by atoms with E-state index in [0.29, 0.717) is 6.61 Å². The first-order valence-electron chi connectivity index (χ1n) is 4.76. The Balaban J connectivity index is 0. The summed E-state index contributed by atoms with van der Waals surface area (Å²) in [6.07, 6.45) is 0. The molecule has 0 amide bonds. The van der Waals surface area contributed by atoms with E-state index < -0.39 is 23.0 Å². The van der Waals surface area contributed by atoms with Crippen molar-refractivity contribution in [3.63, 3.8) is 0 Å². The van der Waals surface area contributed by atoms with E-state index >= 15 is 0 Å². The minimum absolute atomic E-state index is 0.0200. The molecule has 0 fully saturated rings. The number of ether oxygens (including phenoxy) is 2. The highest BCUT2D eigenvalue weighted by Crippen LogP contribution is 1.77. The molecule has 0 atom stereocenters. The van der Waals surface area contributed by atoms with Crippen molar-refractivity contribution in [1.29, 1.82) is 0 Å². The zero-order chi connectivity index (χ0) is 13.7. The zero-order valence-corrected chi connectivity index (χ0v) is 10.5. The van der Waals surface area contributed by atoms with Gasteiger partial charge in [-0.2, -0.15) is 12.8 Å². The highest BCUT2D eigenvalue weighted by atomic mass is 32.2. The molecule has 0 aliphatic rings. The van der Waals surface area contributed by atoms with Crippen molar-refractivity contribution in [3.8, 4) is 0 Å². The molecule has 0 bridgehead atoms. The third-order valence-electron chi connectivity index (χ3n) is 1.08. The topological polar surface area (TPSA) is 125 Å². The Kier molecular flexibility index (Phi) is 13.3. The van der Waals surface area contributed by atoms with E-state index in [1.165, 1.54) is 0 Å². The van der Waals surface area contributed by atoms with Crippen LogP contribution in [0.25, 0.3) is 0 Å². The van der Waals surface area contributed by atoms with Crippen LogP contribution in [0.1, 0.15) is 13.8 Å². The Hall–Kier alpha value is -1.48. The van der Waals surface area contributed by atoms with E-state index in [0.717, 1.165) is 0 Å². The third kappa shape index (κ3) is 17.2. The Morgan fingerprint density at radius 1 is 1.12 bits per heavy atom. The number of rotatable bonds is 5. The fraction of sp³-hybridized carbons (Fsp3) is 0.750. The van der Waals surface area contributed by atoms with Crippen LogP contribution in [0.2, 0.25) is 0 Å². The van der Waals surface area contributed by atoms with Gasteiger partial charge in [0.15, 0.2) is 6.54 Å². The van der Waals surface area contributed by atoms with Gasteiger partial charge in [0.2, 0.25) is 0 Å². The van der Waals surface area contributed by atoms with Crippen LogP contribution in [0.5, 0.6) is 0 Å². The Labute approximate surface area is 101 Å². The molecule has 0 heterocycles. The zero-order valence-electron chi connectivity index (χ0n) is 9.71. The lowest BCUT2D eigenvalue weighted by Crippen LogP contribution is -2.16. The minimum Gasteiger partial charge on any atom is -0.465 e. The molecule has 0 aromatic carbocycles. The summed E-state index contributed by atoms with van der Waals surface area (Å²) in [6, 6.07) is 0. The highest BCUT2D eigenvalue weighted by Gasteiger charge is 1.97. The molecular formula is C8H16N2O6S. The Morgan fingerprint density at radius 3 is 1.88 bits per heavy atom. The standard InChI is InChI=1S/C4H7NO4S.C4H9NO2/c1-2-9-4(6)3-5-10(7)8;1-2-7-4(6)3-5/h2-3H2,1H3;2-3,5H2,1H3. The second-order valence-electron chi connectivity index (χ2n) is 2.32. The molecule has 0 unspecified atom stereocenters. The normalized spacial score (nSPS) is 8.41. The van der Waals surface area contributed by atoms with Crippen LogP contribution in [0.3, 0.4) is 0 Å². The summed E-state index contributed by atoms with van der Waals surface area (Å²) in [5.74, 6) is -0.978. The molecule has 0 aromatic rings. The minimum atomic E-state index is -2.52. The number of nitrogens with zero attached hydrogens (tertiary/aromatic N) is 1. The van der Waals surface area contributed by atoms with Crippen molar-refractivity contribution in [2.24, 2.45) is 10.1 Å². The summed E-state index contributed by atoms with van der Waals surface area (Å²) >= 11 is 0. The Morgan fingerprint density at radius 2 is 1.59 bits per heavy atom. The predicted molar refractivity (Wildman–Crippen MR) is 58.5 cm³/mol. The van der Waals surface area contributed by atoms with Crippen molar-refractivity contribution in [2.45, 2.75) is 13.8 Å². The van der Waals surface area contributed by atoms with E-state index in [9.17, 15) is 18.0 Å². The van der Waals surface area contributed by atoms with Gasteiger partial charge < -0.3 is 15.2 Å².